The number of rotatable bonds is 22. The molecule has 0 unspecified atom stereocenters. The SMILES string of the molecule is CCOCC.Cc1ccccc1-c1csc(-n2c3ccccc3c3ccccc32)c1O.Oc1c(-c2ccccc2OCCCCOc2ccccc2-c2csc(-n3c4ccccc4c4ccccc43)c2O)csc1-n1c2ccccc2c2ccccc21.Oc1c(-c2ccccc2[OH+]CCCC[OH2+])csc1-n1c2ccccc2c2ccccc21.[CH2-]c1ccccc1.[CH2-]c1ccccc1.[Cl][Zr+2][Cl].[Cl][Zr][Cl]. The third-order valence-electron chi connectivity index (χ3n) is 23.1. The van der Waals surface area contributed by atoms with Crippen molar-refractivity contribution in [1.29, 1.82) is 0 Å². The standard InChI is InChI=1S/C48H36N2O4S2.C26H23NO3S.C23H17NOS.2C7H7.C4H10O.4ClH.2Zr/c51-45-37(29-55-47(45)49-39-21-7-1-15-31(39)32-16-2-8-22-40(32)49)35-19-5-11-25-43(35)53-27-13-14-28-54-44-26-12-6-20-36(44)38-30-56-48(46(38)52)50-41-23-9-3-17-33(41)34-18-4-10-24-42(34)50;28-15-7-8-16-30-24-14-6-3-11-20(24)21-17-31-26(25(21)29)27-22-12-4-1-9-18(22)19-10-2-5-13-23(19)27;1-15-8-2-3-9-16(15)19-14-26-23(22(19)25)24-20-12-6-4-10-17(20)18-11-5-7-13-21(18)24;2*1-7-5-3-2-4-6-7;1-3-5-4-2;;;;;;/h1-12,15-26,29-30,51-52H,13-14,27-28H2;1-6,9-14,17,28-29H,7-8,15-16H2;2-14,25H,1H3;2*2-6H,1H2;3-4H2,1-2H3;4*1H;;/q;;;2*-1;;;;;;+2;+4/p-2. The molecule has 0 spiro atoms. The van der Waals surface area contributed by atoms with Gasteiger partial charge in [-0.25, -0.2) is 0 Å². The van der Waals surface area contributed by atoms with Crippen molar-refractivity contribution in [3.63, 3.8) is 0 Å². The molecule has 0 aliphatic carbocycles. The second-order valence-electron chi connectivity index (χ2n) is 31.7. The zero-order valence-corrected chi connectivity index (χ0v) is 87.4. The molecule has 0 atom stereocenters. The molecule has 8 heterocycles. The number of para-hydroxylation sites is 11. The van der Waals surface area contributed by atoms with E-state index in [1.54, 1.807) is 22.7 Å². The van der Waals surface area contributed by atoms with E-state index < -0.39 is 41.7 Å². The Morgan fingerprint density at radius 2 is 0.572 bits per heavy atom. The summed E-state index contributed by atoms with van der Waals surface area (Å²) in [6, 6.07) is 118. The molecular formula is C115H102Cl4N4O9S4Zr2+2. The van der Waals surface area contributed by atoms with E-state index in [1.165, 1.54) is 44.2 Å². The summed E-state index contributed by atoms with van der Waals surface area (Å²) in [5.41, 5.74) is 18.9. The quantitative estimate of drug-likeness (QED) is 0.0298. The van der Waals surface area contributed by atoms with E-state index in [4.69, 9.17) is 58.1 Å². The fourth-order valence-corrected chi connectivity index (χ4v) is 20.8. The van der Waals surface area contributed by atoms with Crippen LogP contribution in [0.15, 0.2) is 373 Å². The number of unbranched alkanes of at least 4 members (excludes halogenated alkanes) is 2. The number of hydrogen-bond acceptors (Lipinski definition) is 11. The molecule has 14 aromatic carbocycles. The van der Waals surface area contributed by atoms with Crippen LogP contribution in [0.5, 0.6) is 40.2 Å². The van der Waals surface area contributed by atoms with Crippen molar-refractivity contribution in [2.24, 2.45) is 0 Å². The molecule has 0 saturated carbocycles. The number of aryl methyl sites for hydroxylation is 1. The van der Waals surface area contributed by atoms with Crippen LogP contribution in [0.1, 0.15) is 56.2 Å². The van der Waals surface area contributed by atoms with E-state index >= 15 is 0 Å². The number of ether oxygens (including phenoxy) is 4. The van der Waals surface area contributed by atoms with Gasteiger partial charge in [0.25, 0.3) is 5.75 Å². The Balaban J connectivity index is 0.000000148. The molecule has 694 valence electrons. The molecule has 13 nitrogen and oxygen atoms in total. The third-order valence-corrected chi connectivity index (χ3v) is 26.9. The van der Waals surface area contributed by atoms with Gasteiger partial charge in [-0.05, 0) is 111 Å². The van der Waals surface area contributed by atoms with Crippen LogP contribution in [0, 0.1) is 20.8 Å². The van der Waals surface area contributed by atoms with Gasteiger partial charge in [0, 0.05) is 130 Å². The maximum absolute atomic E-state index is 11.7. The van der Waals surface area contributed by atoms with Crippen molar-refractivity contribution in [2.45, 2.75) is 46.5 Å². The van der Waals surface area contributed by atoms with Crippen LogP contribution in [-0.4, -0.2) is 88.2 Å². The van der Waals surface area contributed by atoms with E-state index in [0.717, 1.165) is 203 Å². The van der Waals surface area contributed by atoms with E-state index in [2.05, 4.69) is 202 Å². The summed E-state index contributed by atoms with van der Waals surface area (Å²) in [5.74, 6) is 3.45. The van der Waals surface area contributed by atoms with Crippen molar-refractivity contribution in [2.75, 3.05) is 39.6 Å². The molecule has 22 aromatic rings. The number of benzene rings is 14. The number of halogens is 4. The summed E-state index contributed by atoms with van der Waals surface area (Å²) in [6.45, 7) is 17.3. The van der Waals surface area contributed by atoms with Gasteiger partial charge in [0.2, 0.25) is 0 Å². The van der Waals surface area contributed by atoms with Gasteiger partial charge in [-0.2, -0.15) is 49.2 Å². The van der Waals surface area contributed by atoms with E-state index in [-0.39, 0.29) is 17.2 Å². The Hall–Kier alpha value is -11.7. The Morgan fingerprint density at radius 3 is 0.848 bits per heavy atom. The van der Waals surface area contributed by atoms with Crippen molar-refractivity contribution < 1.29 is 86.2 Å². The van der Waals surface area contributed by atoms with Gasteiger partial charge in [-0.15, -0.1) is 69.6 Å². The van der Waals surface area contributed by atoms with E-state index in [9.17, 15) is 20.4 Å². The van der Waals surface area contributed by atoms with Gasteiger partial charge < -0.3 is 44.5 Å². The minimum atomic E-state index is -0.826. The van der Waals surface area contributed by atoms with Crippen LogP contribution >= 0.6 is 79.4 Å². The number of nitrogens with zero attached hydrogens (tertiary/aromatic N) is 4. The monoisotopic (exact) mass is 2130 g/mol. The first-order valence-electron chi connectivity index (χ1n) is 45.1. The van der Waals surface area contributed by atoms with Crippen molar-refractivity contribution in [1.82, 2.24) is 18.3 Å². The molecule has 0 fully saturated rings. The Morgan fingerprint density at radius 1 is 0.326 bits per heavy atom. The van der Waals surface area contributed by atoms with Crippen LogP contribution in [-0.2, 0) is 46.4 Å². The summed E-state index contributed by atoms with van der Waals surface area (Å²) in [5, 5.41) is 73.8. The van der Waals surface area contributed by atoms with Gasteiger partial charge in [0.05, 0.1) is 62.9 Å². The topological polar surface area (TPSA) is 164 Å². The van der Waals surface area contributed by atoms with Crippen molar-refractivity contribution >= 4 is 167 Å². The zero-order chi connectivity index (χ0) is 96.2. The fraction of sp³-hybridized carbons (Fsp3) is 0.113. The molecule has 0 aliphatic heterocycles. The zero-order valence-electron chi connectivity index (χ0n) is 76.2. The van der Waals surface area contributed by atoms with Gasteiger partial charge in [-0.3, -0.25) is 18.3 Å². The van der Waals surface area contributed by atoms with Gasteiger partial charge in [0.15, 0.2) is 29.6 Å². The van der Waals surface area contributed by atoms with Crippen LogP contribution in [0.25, 0.3) is 152 Å². The average Bonchev–Trinajstić information content (AvgIpc) is 1.60. The van der Waals surface area contributed by atoms with Crippen molar-refractivity contribution in [3.8, 4) is 105 Å². The summed E-state index contributed by atoms with van der Waals surface area (Å²) in [7, 11) is 19.7. The Bertz CT molecular complexity index is 7280. The molecule has 8 aromatic heterocycles. The molecule has 0 bridgehead atoms. The van der Waals surface area contributed by atoms with Gasteiger partial charge in [0.1, 0.15) is 38.1 Å². The first-order valence-corrected chi connectivity index (χ1v) is 61.3. The number of aromatic hydroxyl groups is 5. The molecule has 0 aliphatic rings. The predicted octanol–water partition coefficient (Wildman–Crippen LogP) is 33.0. The average molecular weight is 2140 g/mol. The van der Waals surface area contributed by atoms with Crippen LogP contribution in [0.2, 0.25) is 0 Å². The number of fused-ring (bicyclic) bond motifs is 12. The molecule has 7 N–H and O–H groups in total. The second-order valence-corrected chi connectivity index (χ2v) is 42.6. The molecule has 138 heavy (non-hydrogen) atoms. The molecule has 0 saturated heterocycles. The molecule has 0 radical (unpaired) electrons. The summed E-state index contributed by atoms with van der Waals surface area (Å²) in [4.78, 5) is 0. The van der Waals surface area contributed by atoms with E-state index in [1.807, 2.05) is 224 Å². The van der Waals surface area contributed by atoms with Crippen LogP contribution < -0.4 is 9.47 Å². The number of thiophene rings is 4. The summed E-state index contributed by atoms with van der Waals surface area (Å²) < 4.78 is 30.9. The summed E-state index contributed by atoms with van der Waals surface area (Å²) >= 11 is 4.53. The Labute approximate surface area is 857 Å². The maximum atomic E-state index is 11.7. The normalized spacial score (nSPS) is 10.8. The predicted molar refractivity (Wildman–Crippen MR) is 580 cm³/mol. The molecular weight excluding hydrogens is 2030 g/mol. The fourth-order valence-electron chi connectivity index (χ4n) is 16.8. The van der Waals surface area contributed by atoms with Crippen LogP contribution in [0.3, 0.4) is 0 Å². The third kappa shape index (κ3) is 23.2. The first-order chi connectivity index (χ1) is 67.7. The first kappa shape index (κ1) is 101. The van der Waals surface area contributed by atoms with Crippen molar-refractivity contribution in [3.05, 3.63) is 404 Å². The van der Waals surface area contributed by atoms with E-state index in [0.29, 0.717) is 32.2 Å². The molecule has 0 amide bonds. The number of aromatic nitrogens is 4. The van der Waals surface area contributed by atoms with Gasteiger partial charge >= 0.3 is 75.7 Å². The number of hydrogen-bond donors (Lipinski definition) is 4. The molecule has 22 rings (SSSR count). The number of aliphatic hydroxyl groups is 1. The second kappa shape index (κ2) is 50.2. The summed E-state index contributed by atoms with van der Waals surface area (Å²) in [6.07, 6.45) is 3.31. The molecule has 23 heteroatoms. The Kier molecular flexibility index (Phi) is 36.6. The minimum absolute atomic E-state index is 0.239. The van der Waals surface area contributed by atoms with Gasteiger partial charge in [-0.1, -0.05) is 231 Å². The van der Waals surface area contributed by atoms with Crippen LogP contribution in [0.4, 0.5) is 0 Å².